The van der Waals surface area contributed by atoms with E-state index >= 15 is 0 Å². The summed E-state index contributed by atoms with van der Waals surface area (Å²) < 4.78 is 5.63. The van der Waals surface area contributed by atoms with E-state index in [4.69, 9.17) is 4.74 Å². The third-order valence-electron chi connectivity index (χ3n) is 5.09. The first kappa shape index (κ1) is 17.5. The summed E-state index contributed by atoms with van der Waals surface area (Å²) in [7, 11) is 3.73. The molecule has 3 unspecified atom stereocenters. The molecule has 1 saturated carbocycles. The summed E-state index contributed by atoms with van der Waals surface area (Å²) in [5.41, 5.74) is 0. The van der Waals surface area contributed by atoms with Crippen molar-refractivity contribution in [3.8, 4) is 0 Å². The summed E-state index contributed by atoms with van der Waals surface area (Å²) in [5.74, 6) is 1.39. The van der Waals surface area contributed by atoms with Crippen LogP contribution in [-0.2, 0) is 9.53 Å². The molecule has 0 aromatic carbocycles. The van der Waals surface area contributed by atoms with Gasteiger partial charge in [-0.3, -0.25) is 4.79 Å². The maximum Gasteiger partial charge on any atom is 0.222 e. The van der Waals surface area contributed by atoms with Gasteiger partial charge in [0.15, 0.2) is 0 Å². The highest BCUT2D eigenvalue weighted by molar-refractivity contribution is 5.76. The molecule has 1 amide bonds. The highest BCUT2D eigenvalue weighted by atomic mass is 16.5. The first-order chi connectivity index (χ1) is 9.54. The Balaban J connectivity index is 2.69. The molecule has 0 aromatic heterocycles. The van der Waals surface area contributed by atoms with Gasteiger partial charge in [0.05, 0.1) is 12.1 Å². The molecule has 1 rings (SSSR count). The second-order valence-electron chi connectivity index (χ2n) is 6.42. The lowest BCUT2D eigenvalue weighted by Gasteiger charge is -2.38. The molecule has 1 fully saturated rings. The second-order valence-corrected chi connectivity index (χ2v) is 6.42. The van der Waals surface area contributed by atoms with Crippen molar-refractivity contribution in [2.45, 2.75) is 77.9 Å². The largest absolute Gasteiger partial charge is 0.379 e. The van der Waals surface area contributed by atoms with Crippen LogP contribution < -0.4 is 0 Å². The first-order valence-electron chi connectivity index (χ1n) is 8.33. The van der Waals surface area contributed by atoms with Crippen molar-refractivity contribution in [3.63, 3.8) is 0 Å². The lowest BCUT2D eigenvalue weighted by atomic mass is 9.91. The predicted octanol–water partition coefficient (Wildman–Crippen LogP) is 3.86. The fourth-order valence-electron chi connectivity index (χ4n) is 3.56. The van der Waals surface area contributed by atoms with Crippen LogP contribution in [0.4, 0.5) is 0 Å². The average molecular weight is 283 g/mol. The average Bonchev–Trinajstić information content (AvgIpc) is 2.95. The molecule has 0 radical (unpaired) electrons. The van der Waals surface area contributed by atoms with Gasteiger partial charge in [-0.15, -0.1) is 0 Å². The molecule has 20 heavy (non-hydrogen) atoms. The molecular formula is C17H33NO2. The highest BCUT2D eigenvalue weighted by Crippen LogP contribution is 2.29. The number of carbonyl (C=O) groups excluding carboxylic acids is 1. The normalized spacial score (nSPS) is 20.6. The van der Waals surface area contributed by atoms with Gasteiger partial charge in [-0.2, -0.15) is 0 Å². The summed E-state index contributed by atoms with van der Waals surface area (Å²) in [4.78, 5) is 14.5. The predicted molar refractivity (Wildman–Crippen MR) is 83.7 cm³/mol. The molecule has 3 atom stereocenters. The van der Waals surface area contributed by atoms with Crippen LogP contribution in [0.1, 0.15) is 65.7 Å². The van der Waals surface area contributed by atoms with Gasteiger partial charge in [-0.25, -0.2) is 0 Å². The number of carbonyl (C=O) groups is 1. The molecule has 0 heterocycles. The van der Waals surface area contributed by atoms with Crippen LogP contribution in [0.3, 0.4) is 0 Å². The molecule has 3 heteroatoms. The fourth-order valence-corrected chi connectivity index (χ4v) is 3.56. The van der Waals surface area contributed by atoms with E-state index in [-0.39, 0.29) is 12.1 Å². The van der Waals surface area contributed by atoms with E-state index in [2.05, 4.69) is 20.8 Å². The number of amides is 1. The minimum absolute atomic E-state index is 0.141. The number of ether oxygens (including phenoxy) is 1. The minimum atomic E-state index is 0.141. The van der Waals surface area contributed by atoms with E-state index in [1.807, 2.05) is 11.9 Å². The molecule has 0 bridgehead atoms. The number of likely N-dealkylation sites (N-methyl/N-ethyl adjacent to an activating group) is 1. The Morgan fingerprint density at radius 1 is 1.25 bits per heavy atom. The van der Waals surface area contributed by atoms with Crippen LogP contribution in [0.15, 0.2) is 0 Å². The van der Waals surface area contributed by atoms with Crippen molar-refractivity contribution in [1.29, 1.82) is 0 Å². The van der Waals surface area contributed by atoms with E-state index in [0.29, 0.717) is 17.7 Å². The third-order valence-corrected chi connectivity index (χ3v) is 5.09. The summed E-state index contributed by atoms with van der Waals surface area (Å²) in [6.07, 6.45) is 7.95. The molecule has 118 valence electrons. The van der Waals surface area contributed by atoms with E-state index in [1.54, 1.807) is 7.11 Å². The smallest absolute Gasteiger partial charge is 0.222 e. The van der Waals surface area contributed by atoms with Crippen molar-refractivity contribution >= 4 is 5.91 Å². The zero-order chi connectivity index (χ0) is 15.1. The van der Waals surface area contributed by atoms with Gasteiger partial charge < -0.3 is 9.64 Å². The lowest BCUT2D eigenvalue weighted by Crippen LogP contribution is -2.49. The summed E-state index contributed by atoms with van der Waals surface area (Å²) in [6.45, 7) is 6.56. The molecular weight excluding hydrogens is 250 g/mol. The Kier molecular flexibility index (Phi) is 7.57. The highest BCUT2D eigenvalue weighted by Gasteiger charge is 2.32. The summed E-state index contributed by atoms with van der Waals surface area (Å²) in [5, 5.41) is 0. The lowest BCUT2D eigenvalue weighted by molar-refractivity contribution is -0.137. The van der Waals surface area contributed by atoms with E-state index in [1.165, 1.54) is 25.7 Å². The van der Waals surface area contributed by atoms with Crippen molar-refractivity contribution in [3.05, 3.63) is 0 Å². The Morgan fingerprint density at radius 2 is 1.85 bits per heavy atom. The summed E-state index contributed by atoms with van der Waals surface area (Å²) >= 11 is 0. The Labute approximate surface area is 125 Å². The molecule has 3 nitrogen and oxygen atoms in total. The van der Waals surface area contributed by atoms with Crippen molar-refractivity contribution in [2.75, 3.05) is 14.2 Å². The van der Waals surface area contributed by atoms with E-state index < -0.39 is 0 Å². The van der Waals surface area contributed by atoms with Crippen molar-refractivity contribution in [2.24, 2.45) is 11.8 Å². The van der Waals surface area contributed by atoms with Crippen molar-refractivity contribution < 1.29 is 9.53 Å². The van der Waals surface area contributed by atoms with Gasteiger partial charge >= 0.3 is 0 Å². The zero-order valence-corrected chi connectivity index (χ0v) is 14.0. The van der Waals surface area contributed by atoms with Gasteiger partial charge in [0, 0.05) is 20.6 Å². The topological polar surface area (TPSA) is 29.5 Å². The van der Waals surface area contributed by atoms with Crippen molar-refractivity contribution in [1.82, 2.24) is 4.90 Å². The minimum Gasteiger partial charge on any atom is -0.379 e. The number of hydrogen-bond acceptors (Lipinski definition) is 2. The number of nitrogens with zero attached hydrogens (tertiary/aromatic N) is 1. The number of methoxy groups -OCH3 is 1. The molecule has 0 aliphatic heterocycles. The summed E-state index contributed by atoms with van der Waals surface area (Å²) in [6, 6.07) is 0.198. The van der Waals surface area contributed by atoms with Crippen LogP contribution in [0, 0.1) is 11.8 Å². The monoisotopic (exact) mass is 283 g/mol. The molecule has 1 aliphatic rings. The van der Waals surface area contributed by atoms with E-state index in [9.17, 15) is 4.79 Å². The molecule has 1 aliphatic carbocycles. The quantitative estimate of drug-likeness (QED) is 0.677. The Hall–Kier alpha value is -0.570. The third kappa shape index (κ3) is 4.47. The van der Waals surface area contributed by atoms with Crippen LogP contribution in [-0.4, -0.2) is 37.1 Å². The second kappa shape index (κ2) is 8.66. The van der Waals surface area contributed by atoms with Crippen LogP contribution in [0.2, 0.25) is 0 Å². The van der Waals surface area contributed by atoms with Gasteiger partial charge in [-0.1, -0.05) is 40.0 Å². The Morgan fingerprint density at radius 3 is 2.30 bits per heavy atom. The standard InChI is InChI=1S/C17H33NO2/c1-6-13(3)17(15(7-2)20-5)18(4)16(19)12-14-10-8-9-11-14/h13-15,17H,6-12H2,1-5H3. The van der Waals surface area contributed by atoms with Crippen LogP contribution in [0.5, 0.6) is 0 Å². The van der Waals surface area contributed by atoms with Gasteiger partial charge in [0.2, 0.25) is 5.91 Å². The molecule has 0 N–H and O–H groups in total. The first-order valence-corrected chi connectivity index (χ1v) is 8.33. The molecule has 0 saturated heterocycles. The maximum atomic E-state index is 12.6. The Bertz CT molecular complexity index is 283. The SMILES string of the molecule is CCC(C)C(C(CC)OC)N(C)C(=O)CC1CCCC1. The van der Waals surface area contributed by atoms with E-state index in [0.717, 1.165) is 19.3 Å². The molecule has 0 aromatic rings. The maximum absolute atomic E-state index is 12.6. The van der Waals surface area contributed by atoms with Crippen LogP contribution >= 0.6 is 0 Å². The van der Waals surface area contributed by atoms with Crippen LogP contribution in [0.25, 0.3) is 0 Å². The van der Waals surface area contributed by atoms with Gasteiger partial charge in [0.25, 0.3) is 0 Å². The fraction of sp³-hybridized carbons (Fsp3) is 0.941. The van der Waals surface area contributed by atoms with Gasteiger partial charge in [-0.05, 0) is 31.1 Å². The molecule has 0 spiro atoms. The number of rotatable bonds is 8. The van der Waals surface area contributed by atoms with Gasteiger partial charge in [0.1, 0.15) is 0 Å². The number of hydrogen-bond donors (Lipinski definition) is 0. The zero-order valence-electron chi connectivity index (χ0n) is 14.0.